The van der Waals surface area contributed by atoms with Crippen molar-refractivity contribution in [1.82, 2.24) is 0 Å². The molecule has 0 N–H and O–H groups in total. The van der Waals surface area contributed by atoms with Crippen LogP contribution in [0.3, 0.4) is 0 Å². The van der Waals surface area contributed by atoms with Crippen LogP contribution in [0.5, 0.6) is 0 Å². The first kappa shape index (κ1) is 37.9. The van der Waals surface area contributed by atoms with Crippen molar-refractivity contribution in [3.8, 4) is 0 Å². The van der Waals surface area contributed by atoms with Crippen molar-refractivity contribution in [1.29, 1.82) is 0 Å². The van der Waals surface area contributed by atoms with E-state index in [1.54, 1.807) is 0 Å². The van der Waals surface area contributed by atoms with E-state index in [2.05, 4.69) is 0 Å². The third-order valence-electron chi connectivity index (χ3n) is 6.28. The van der Waals surface area contributed by atoms with Gasteiger partial charge in [-0.15, -0.1) is 0 Å². The fourth-order valence-electron chi connectivity index (χ4n) is 4.43. The topological polar surface area (TPSA) is 133 Å². The molecule has 4 rings (SSSR count). The fourth-order valence-corrected chi connectivity index (χ4v) is 10.8. The van der Waals surface area contributed by atoms with Crippen LogP contribution in [-0.2, 0) is 29.2 Å². The molecular formula is C29H28Li2O8P2S2. The Balaban J connectivity index is 0.00000323. The van der Waals surface area contributed by atoms with Crippen LogP contribution in [0.1, 0.15) is 0 Å². The van der Waals surface area contributed by atoms with Gasteiger partial charge in [0.05, 0.1) is 13.2 Å². The van der Waals surface area contributed by atoms with Crippen molar-refractivity contribution in [3.63, 3.8) is 0 Å². The minimum atomic E-state index is -5.16. The van der Waals surface area contributed by atoms with Crippen LogP contribution < -0.4 is 58.9 Å². The molecule has 0 aliphatic rings. The summed E-state index contributed by atoms with van der Waals surface area (Å²) >= 11 is 0. The summed E-state index contributed by atoms with van der Waals surface area (Å²) in [4.78, 5) is 0. The van der Waals surface area contributed by atoms with Crippen LogP contribution in [0.15, 0.2) is 121 Å². The summed E-state index contributed by atoms with van der Waals surface area (Å²) in [6, 6.07) is 38.1. The third-order valence-corrected chi connectivity index (χ3v) is 12.8. The van der Waals surface area contributed by atoms with Gasteiger partial charge < -0.3 is 9.11 Å². The Hall–Kier alpha value is -1.33. The zero-order valence-corrected chi connectivity index (χ0v) is 27.3. The summed E-state index contributed by atoms with van der Waals surface area (Å²) in [5.41, 5.74) is -1.37. The molecule has 4 aromatic rings. The number of hydrogen-bond acceptors (Lipinski definition) is 8. The van der Waals surface area contributed by atoms with Crippen LogP contribution in [0, 0.1) is 5.41 Å². The number of hydrogen-bond donors (Lipinski definition) is 0. The normalized spacial score (nSPS) is 12.0. The average molecular weight is 644 g/mol. The molecule has 0 saturated heterocycles. The second-order valence-corrected chi connectivity index (χ2v) is 15.9. The standard InChI is InChI=1S/C29H30O8P2S2.2Li/c30-40(31,32)36-21-29(22-37-41(33,34)35,23-38(25-13-5-1-6-14-25)26-15-7-2-8-16-26)24-39(27-17-9-3-10-18-27)28-19-11-4-12-20-28;;/h1-20H,21-24H2,(H,30,31,32)(H,33,34,35);;/q;2*+1/p-2. The predicted octanol–water partition coefficient (Wildman–Crippen LogP) is -2.80. The van der Waals surface area contributed by atoms with E-state index in [9.17, 15) is 25.9 Å². The van der Waals surface area contributed by atoms with Gasteiger partial charge in [-0.25, -0.2) is 16.8 Å². The monoisotopic (exact) mass is 644 g/mol. The maximum absolute atomic E-state index is 11.7. The van der Waals surface area contributed by atoms with E-state index in [4.69, 9.17) is 8.37 Å². The van der Waals surface area contributed by atoms with Crippen molar-refractivity contribution < 1.29 is 72.0 Å². The first-order valence-electron chi connectivity index (χ1n) is 12.5. The zero-order chi connectivity index (χ0) is 29.3. The Labute approximate surface area is 280 Å². The van der Waals surface area contributed by atoms with Crippen LogP contribution in [0.25, 0.3) is 0 Å². The van der Waals surface area contributed by atoms with E-state index in [-0.39, 0.29) is 50.0 Å². The van der Waals surface area contributed by atoms with Crippen molar-refractivity contribution in [2.75, 3.05) is 25.5 Å². The molecule has 4 aromatic carbocycles. The van der Waals surface area contributed by atoms with Crippen molar-refractivity contribution >= 4 is 57.9 Å². The Morgan fingerprint density at radius 2 is 0.721 bits per heavy atom. The molecule has 0 unspecified atom stereocenters. The molecule has 0 atom stereocenters. The van der Waals surface area contributed by atoms with Gasteiger partial charge in [0.15, 0.2) is 0 Å². The smallest absolute Gasteiger partial charge is 0.726 e. The average Bonchev–Trinajstić information content (AvgIpc) is 2.97. The molecule has 0 aliphatic heterocycles. The summed E-state index contributed by atoms with van der Waals surface area (Å²) < 4.78 is 80.2. The molecule has 0 saturated carbocycles. The molecule has 216 valence electrons. The minimum absolute atomic E-state index is 0. The molecule has 0 spiro atoms. The molecule has 43 heavy (non-hydrogen) atoms. The quantitative estimate of drug-likeness (QED) is 0.0623. The van der Waals surface area contributed by atoms with E-state index < -0.39 is 55.3 Å². The molecule has 0 fully saturated rings. The Kier molecular flexibility index (Phi) is 15.3. The number of benzene rings is 4. The van der Waals surface area contributed by atoms with E-state index in [1.807, 2.05) is 121 Å². The second kappa shape index (κ2) is 17.4. The van der Waals surface area contributed by atoms with E-state index in [1.165, 1.54) is 0 Å². The number of rotatable bonds is 14. The van der Waals surface area contributed by atoms with Gasteiger partial charge in [-0.05, 0) is 49.4 Å². The first-order valence-corrected chi connectivity index (χ1v) is 18.2. The van der Waals surface area contributed by atoms with Gasteiger partial charge in [0.2, 0.25) is 20.8 Å². The van der Waals surface area contributed by atoms with E-state index in [0.29, 0.717) is 0 Å². The molecule has 8 nitrogen and oxygen atoms in total. The minimum Gasteiger partial charge on any atom is -0.726 e. The second-order valence-electron chi connectivity index (χ2n) is 9.36. The molecule has 14 heteroatoms. The van der Waals surface area contributed by atoms with Crippen LogP contribution in [0.4, 0.5) is 0 Å². The Morgan fingerprint density at radius 3 is 0.930 bits per heavy atom. The van der Waals surface area contributed by atoms with Gasteiger partial charge in [0, 0.05) is 5.41 Å². The zero-order valence-electron chi connectivity index (χ0n) is 23.9. The van der Waals surface area contributed by atoms with Crippen molar-refractivity contribution in [2.45, 2.75) is 0 Å². The summed E-state index contributed by atoms with van der Waals surface area (Å²) in [7, 11) is -12.8. The Morgan fingerprint density at radius 1 is 0.488 bits per heavy atom. The van der Waals surface area contributed by atoms with Gasteiger partial charge in [-0.1, -0.05) is 121 Å². The molecule has 0 heterocycles. The van der Waals surface area contributed by atoms with Crippen molar-refractivity contribution in [3.05, 3.63) is 121 Å². The van der Waals surface area contributed by atoms with Gasteiger partial charge in [0.25, 0.3) is 0 Å². The summed E-state index contributed by atoms with van der Waals surface area (Å²) in [6.45, 7) is -1.32. The SMILES string of the molecule is O=S(=O)([O-])OCC(COS(=O)(=O)[O-])(CP(c1ccccc1)c1ccccc1)CP(c1ccccc1)c1ccccc1.[Li+].[Li+]. The maximum Gasteiger partial charge on any atom is 1.00 e. The summed E-state index contributed by atoms with van der Waals surface area (Å²) in [6.07, 6.45) is 0.361. The fraction of sp³-hybridized carbons (Fsp3) is 0.172. The summed E-state index contributed by atoms with van der Waals surface area (Å²) in [5, 5.41) is 3.77. The molecule has 0 aromatic heterocycles. The van der Waals surface area contributed by atoms with Gasteiger partial charge >= 0.3 is 37.7 Å². The van der Waals surface area contributed by atoms with Gasteiger partial charge in [0.1, 0.15) is 0 Å². The molecule has 0 amide bonds. The van der Waals surface area contributed by atoms with Crippen LogP contribution in [0.2, 0.25) is 0 Å². The molecule has 0 bridgehead atoms. The van der Waals surface area contributed by atoms with Crippen LogP contribution >= 0.6 is 15.8 Å². The van der Waals surface area contributed by atoms with Gasteiger partial charge in [-0.3, -0.25) is 8.37 Å². The maximum atomic E-state index is 11.7. The first-order chi connectivity index (χ1) is 19.5. The Bertz CT molecular complexity index is 1400. The molecule has 0 aliphatic carbocycles. The predicted molar refractivity (Wildman–Crippen MR) is 162 cm³/mol. The van der Waals surface area contributed by atoms with E-state index >= 15 is 0 Å². The van der Waals surface area contributed by atoms with Gasteiger partial charge in [-0.2, -0.15) is 0 Å². The third kappa shape index (κ3) is 12.2. The molecule has 0 radical (unpaired) electrons. The van der Waals surface area contributed by atoms with Crippen molar-refractivity contribution in [2.24, 2.45) is 5.41 Å². The molecular weight excluding hydrogens is 616 g/mol. The van der Waals surface area contributed by atoms with E-state index in [0.717, 1.165) is 21.2 Å². The largest absolute Gasteiger partial charge is 1.00 e. The van der Waals surface area contributed by atoms with Crippen LogP contribution in [-0.4, -0.2) is 51.5 Å². The summed E-state index contributed by atoms with van der Waals surface area (Å²) in [5.74, 6) is 0.